The van der Waals surface area contributed by atoms with E-state index in [1.807, 2.05) is 0 Å². The predicted molar refractivity (Wildman–Crippen MR) is 84.6 cm³/mol. The maximum atomic E-state index is 13.2. The fourth-order valence-electron chi connectivity index (χ4n) is 2.15. The van der Waals surface area contributed by atoms with Gasteiger partial charge in [-0.1, -0.05) is 12.1 Å². The van der Waals surface area contributed by atoms with Crippen molar-refractivity contribution in [3.8, 4) is 11.5 Å². The summed E-state index contributed by atoms with van der Waals surface area (Å²) in [6.07, 6.45) is 0. The first kappa shape index (κ1) is 16.6. The molecule has 0 bridgehead atoms. The van der Waals surface area contributed by atoms with Gasteiger partial charge in [-0.2, -0.15) is 0 Å². The Hall–Kier alpha value is -2.76. The molecule has 0 aromatic heterocycles. The lowest BCUT2D eigenvalue weighted by Crippen LogP contribution is -2.09. The largest absolute Gasteiger partial charge is 0.493 e. The second kappa shape index (κ2) is 7.49. The Kier molecular flexibility index (Phi) is 5.41. The molecule has 23 heavy (non-hydrogen) atoms. The van der Waals surface area contributed by atoms with Gasteiger partial charge in [0.2, 0.25) is 0 Å². The SMILES string of the molecule is COC(=O)c1cc(OC)c(OC)cc1NCc1cccc(F)c1. The van der Waals surface area contributed by atoms with Crippen LogP contribution in [0.2, 0.25) is 0 Å². The average Bonchev–Trinajstić information content (AvgIpc) is 2.58. The standard InChI is InChI=1S/C17H18FNO4/c1-21-15-8-13(17(20)23-3)14(9-16(15)22-2)19-10-11-5-4-6-12(18)7-11/h4-9,19H,10H2,1-3H3. The van der Waals surface area contributed by atoms with E-state index < -0.39 is 5.97 Å². The molecule has 0 aliphatic rings. The molecule has 1 N–H and O–H groups in total. The highest BCUT2D eigenvalue weighted by Gasteiger charge is 2.17. The molecule has 0 saturated carbocycles. The first-order valence-corrected chi connectivity index (χ1v) is 6.91. The topological polar surface area (TPSA) is 56.8 Å². The van der Waals surface area contributed by atoms with Crippen LogP contribution < -0.4 is 14.8 Å². The number of carbonyl (C=O) groups excluding carboxylic acids is 1. The van der Waals surface area contributed by atoms with Crippen LogP contribution in [0.15, 0.2) is 36.4 Å². The number of carbonyl (C=O) groups is 1. The van der Waals surface area contributed by atoms with Crippen LogP contribution in [0.1, 0.15) is 15.9 Å². The number of benzene rings is 2. The highest BCUT2D eigenvalue weighted by atomic mass is 19.1. The number of ether oxygens (including phenoxy) is 3. The Balaban J connectivity index is 2.33. The van der Waals surface area contributed by atoms with Gasteiger partial charge < -0.3 is 19.5 Å². The Labute approximate surface area is 134 Å². The lowest BCUT2D eigenvalue weighted by atomic mass is 10.1. The van der Waals surface area contributed by atoms with Crippen molar-refractivity contribution in [1.29, 1.82) is 0 Å². The van der Waals surface area contributed by atoms with E-state index in [4.69, 9.17) is 14.2 Å². The molecular formula is C17H18FNO4. The van der Waals surface area contributed by atoms with Crippen molar-refractivity contribution in [2.24, 2.45) is 0 Å². The lowest BCUT2D eigenvalue weighted by molar-refractivity contribution is 0.0601. The van der Waals surface area contributed by atoms with Crippen molar-refractivity contribution < 1.29 is 23.4 Å². The van der Waals surface area contributed by atoms with Gasteiger partial charge in [0, 0.05) is 18.7 Å². The third-order valence-corrected chi connectivity index (χ3v) is 3.30. The van der Waals surface area contributed by atoms with E-state index >= 15 is 0 Å². The van der Waals surface area contributed by atoms with Crippen molar-refractivity contribution >= 4 is 11.7 Å². The zero-order valence-corrected chi connectivity index (χ0v) is 13.2. The minimum atomic E-state index is -0.507. The van der Waals surface area contributed by atoms with Crippen molar-refractivity contribution in [2.75, 3.05) is 26.6 Å². The molecule has 5 nitrogen and oxygen atoms in total. The Morgan fingerprint density at radius 2 is 1.78 bits per heavy atom. The van der Waals surface area contributed by atoms with E-state index in [0.717, 1.165) is 5.56 Å². The molecule has 2 aromatic carbocycles. The maximum Gasteiger partial charge on any atom is 0.340 e. The quantitative estimate of drug-likeness (QED) is 0.828. The zero-order valence-electron chi connectivity index (χ0n) is 13.2. The molecule has 0 unspecified atom stereocenters. The van der Waals surface area contributed by atoms with E-state index in [9.17, 15) is 9.18 Å². The molecule has 0 heterocycles. The van der Waals surface area contributed by atoms with Gasteiger partial charge >= 0.3 is 5.97 Å². The van der Waals surface area contributed by atoms with E-state index in [-0.39, 0.29) is 5.82 Å². The van der Waals surface area contributed by atoms with Gasteiger partial charge in [0.1, 0.15) is 5.82 Å². The molecule has 0 radical (unpaired) electrons. The summed E-state index contributed by atoms with van der Waals surface area (Å²) in [5, 5.41) is 3.09. The van der Waals surface area contributed by atoms with E-state index in [1.165, 1.54) is 33.5 Å². The molecule has 2 rings (SSSR count). The van der Waals surface area contributed by atoms with Gasteiger partial charge in [-0.15, -0.1) is 0 Å². The van der Waals surface area contributed by atoms with Gasteiger partial charge in [-0.3, -0.25) is 0 Å². The maximum absolute atomic E-state index is 13.2. The van der Waals surface area contributed by atoms with Crippen molar-refractivity contribution in [3.05, 3.63) is 53.3 Å². The summed E-state index contributed by atoms with van der Waals surface area (Å²) in [5.74, 6) is 0.0728. The number of halogens is 1. The van der Waals surface area contributed by atoms with Crippen LogP contribution in [0.25, 0.3) is 0 Å². The molecule has 0 aliphatic carbocycles. The molecular weight excluding hydrogens is 301 g/mol. The van der Waals surface area contributed by atoms with Crippen LogP contribution in [0.4, 0.5) is 10.1 Å². The number of anilines is 1. The summed E-state index contributed by atoms with van der Waals surface area (Å²) < 4.78 is 28.5. The van der Waals surface area contributed by atoms with Crippen LogP contribution in [-0.2, 0) is 11.3 Å². The second-order valence-corrected chi connectivity index (χ2v) is 4.73. The van der Waals surface area contributed by atoms with Gasteiger partial charge in [-0.05, 0) is 17.7 Å². The second-order valence-electron chi connectivity index (χ2n) is 4.73. The zero-order chi connectivity index (χ0) is 16.8. The molecule has 0 aliphatic heterocycles. The highest BCUT2D eigenvalue weighted by Crippen LogP contribution is 2.34. The fourth-order valence-corrected chi connectivity index (χ4v) is 2.15. The Morgan fingerprint density at radius 1 is 1.09 bits per heavy atom. The summed E-state index contributed by atoms with van der Waals surface area (Å²) in [6, 6.07) is 9.39. The number of hydrogen-bond acceptors (Lipinski definition) is 5. The first-order chi connectivity index (χ1) is 11.1. The van der Waals surface area contributed by atoms with Crippen LogP contribution in [0.5, 0.6) is 11.5 Å². The highest BCUT2D eigenvalue weighted by molar-refractivity contribution is 5.96. The molecule has 0 atom stereocenters. The fraction of sp³-hybridized carbons (Fsp3) is 0.235. The lowest BCUT2D eigenvalue weighted by Gasteiger charge is -2.15. The summed E-state index contributed by atoms with van der Waals surface area (Å²) in [4.78, 5) is 11.9. The van der Waals surface area contributed by atoms with Gasteiger partial charge in [-0.25, -0.2) is 9.18 Å². The molecule has 0 fully saturated rings. The van der Waals surface area contributed by atoms with Gasteiger partial charge in [0.15, 0.2) is 11.5 Å². The van der Waals surface area contributed by atoms with Crippen LogP contribution in [-0.4, -0.2) is 27.3 Å². The van der Waals surface area contributed by atoms with Crippen LogP contribution in [0, 0.1) is 5.82 Å². The number of rotatable bonds is 6. The van der Waals surface area contributed by atoms with Crippen molar-refractivity contribution in [3.63, 3.8) is 0 Å². The Morgan fingerprint density at radius 3 is 2.39 bits per heavy atom. The average molecular weight is 319 g/mol. The predicted octanol–water partition coefficient (Wildman–Crippen LogP) is 3.24. The van der Waals surface area contributed by atoms with Crippen molar-refractivity contribution in [2.45, 2.75) is 6.54 Å². The first-order valence-electron chi connectivity index (χ1n) is 6.91. The monoisotopic (exact) mass is 319 g/mol. The minimum Gasteiger partial charge on any atom is -0.493 e. The smallest absolute Gasteiger partial charge is 0.340 e. The molecule has 0 saturated heterocycles. The molecule has 0 spiro atoms. The normalized spacial score (nSPS) is 10.1. The van der Waals surface area contributed by atoms with Crippen LogP contribution >= 0.6 is 0 Å². The number of hydrogen-bond donors (Lipinski definition) is 1. The summed E-state index contributed by atoms with van der Waals surface area (Å²) >= 11 is 0. The third-order valence-electron chi connectivity index (χ3n) is 3.30. The summed E-state index contributed by atoms with van der Waals surface area (Å²) in [6.45, 7) is 0.344. The van der Waals surface area contributed by atoms with E-state index in [1.54, 1.807) is 24.3 Å². The number of nitrogens with one attached hydrogen (secondary N) is 1. The van der Waals surface area contributed by atoms with Gasteiger partial charge in [0.05, 0.1) is 32.6 Å². The molecule has 2 aromatic rings. The van der Waals surface area contributed by atoms with E-state index in [2.05, 4.69) is 5.32 Å². The van der Waals surface area contributed by atoms with Crippen LogP contribution in [0.3, 0.4) is 0 Å². The Bertz CT molecular complexity index is 703. The number of methoxy groups -OCH3 is 3. The van der Waals surface area contributed by atoms with E-state index in [0.29, 0.717) is 29.3 Å². The summed E-state index contributed by atoms with van der Waals surface area (Å²) in [7, 11) is 4.29. The number of esters is 1. The third kappa shape index (κ3) is 3.91. The van der Waals surface area contributed by atoms with Gasteiger partial charge in [0.25, 0.3) is 0 Å². The molecule has 6 heteroatoms. The molecule has 0 amide bonds. The molecule has 122 valence electrons. The van der Waals surface area contributed by atoms with Crippen molar-refractivity contribution in [1.82, 2.24) is 0 Å². The summed E-state index contributed by atoms with van der Waals surface area (Å²) in [5.41, 5.74) is 1.57. The minimum absolute atomic E-state index is 0.307.